The lowest BCUT2D eigenvalue weighted by Gasteiger charge is -2.33. The van der Waals surface area contributed by atoms with Gasteiger partial charge in [-0.1, -0.05) is 0 Å². The number of piperidine rings is 1. The third kappa shape index (κ3) is 5.84. The van der Waals surface area contributed by atoms with Crippen LogP contribution in [0.2, 0.25) is 0 Å². The van der Waals surface area contributed by atoms with Gasteiger partial charge in [-0.15, -0.1) is 0 Å². The fourth-order valence-electron chi connectivity index (χ4n) is 2.74. The van der Waals surface area contributed by atoms with Crippen LogP contribution in [0.25, 0.3) is 0 Å². The molecule has 0 radical (unpaired) electrons. The SMILES string of the molecule is CNC(C)(C)CN(C)CCC1CCCN(C)C1. The van der Waals surface area contributed by atoms with Gasteiger partial charge in [0.1, 0.15) is 0 Å². The molecular weight excluding hydrogens is 210 g/mol. The van der Waals surface area contributed by atoms with Gasteiger partial charge in [-0.3, -0.25) is 0 Å². The van der Waals surface area contributed by atoms with Crippen molar-refractivity contribution < 1.29 is 0 Å². The van der Waals surface area contributed by atoms with Gasteiger partial charge >= 0.3 is 0 Å². The van der Waals surface area contributed by atoms with Crippen molar-refractivity contribution >= 4 is 0 Å². The molecule has 0 aliphatic carbocycles. The van der Waals surface area contributed by atoms with E-state index in [0.717, 1.165) is 12.5 Å². The summed E-state index contributed by atoms with van der Waals surface area (Å²) in [5, 5.41) is 3.37. The average Bonchev–Trinajstić information content (AvgIpc) is 2.26. The predicted molar refractivity (Wildman–Crippen MR) is 75.5 cm³/mol. The van der Waals surface area contributed by atoms with Crippen LogP contribution in [-0.2, 0) is 0 Å². The summed E-state index contributed by atoms with van der Waals surface area (Å²) < 4.78 is 0. The largest absolute Gasteiger partial charge is 0.314 e. The van der Waals surface area contributed by atoms with Crippen LogP contribution in [-0.4, -0.2) is 62.7 Å². The van der Waals surface area contributed by atoms with Crippen molar-refractivity contribution in [3.63, 3.8) is 0 Å². The monoisotopic (exact) mass is 241 g/mol. The molecule has 0 aromatic rings. The second-order valence-electron chi connectivity index (χ2n) is 6.43. The molecule has 0 spiro atoms. The minimum atomic E-state index is 0.220. The van der Waals surface area contributed by atoms with Gasteiger partial charge < -0.3 is 15.1 Å². The van der Waals surface area contributed by atoms with Gasteiger partial charge in [0.25, 0.3) is 0 Å². The fraction of sp³-hybridized carbons (Fsp3) is 1.00. The summed E-state index contributed by atoms with van der Waals surface area (Å²) >= 11 is 0. The lowest BCUT2D eigenvalue weighted by molar-refractivity contribution is 0.175. The molecule has 3 nitrogen and oxygen atoms in total. The zero-order valence-electron chi connectivity index (χ0n) is 12.4. The molecule has 0 saturated carbocycles. The zero-order chi connectivity index (χ0) is 12.9. The van der Waals surface area contributed by atoms with Gasteiger partial charge in [0.15, 0.2) is 0 Å². The van der Waals surface area contributed by atoms with E-state index in [1.807, 2.05) is 7.05 Å². The highest BCUT2D eigenvalue weighted by molar-refractivity contribution is 4.79. The quantitative estimate of drug-likeness (QED) is 0.763. The number of likely N-dealkylation sites (N-methyl/N-ethyl adjacent to an activating group) is 2. The lowest BCUT2D eigenvalue weighted by Crippen LogP contribution is -2.46. The Morgan fingerprint density at radius 2 is 2.12 bits per heavy atom. The molecule has 1 aliphatic heterocycles. The Morgan fingerprint density at radius 1 is 1.41 bits per heavy atom. The van der Waals surface area contributed by atoms with Gasteiger partial charge in [-0.2, -0.15) is 0 Å². The molecule has 1 aliphatic rings. The Hall–Kier alpha value is -0.120. The molecule has 17 heavy (non-hydrogen) atoms. The number of rotatable bonds is 6. The first-order valence-electron chi connectivity index (χ1n) is 6.99. The molecule has 102 valence electrons. The molecule has 1 atom stereocenters. The molecule has 1 unspecified atom stereocenters. The molecule has 0 amide bonds. The molecule has 1 rings (SSSR count). The number of nitrogens with zero attached hydrogens (tertiary/aromatic N) is 2. The summed E-state index contributed by atoms with van der Waals surface area (Å²) in [5.41, 5.74) is 0.220. The van der Waals surface area contributed by atoms with Crippen LogP contribution in [0.15, 0.2) is 0 Å². The predicted octanol–water partition coefficient (Wildman–Crippen LogP) is 1.65. The highest BCUT2D eigenvalue weighted by Gasteiger charge is 2.20. The smallest absolute Gasteiger partial charge is 0.0249 e. The van der Waals surface area contributed by atoms with Crippen LogP contribution < -0.4 is 5.32 Å². The van der Waals surface area contributed by atoms with E-state index in [9.17, 15) is 0 Å². The van der Waals surface area contributed by atoms with E-state index < -0.39 is 0 Å². The van der Waals surface area contributed by atoms with Crippen molar-refractivity contribution in [2.75, 3.05) is 47.3 Å². The Kier molecular flexibility index (Phi) is 5.90. The summed E-state index contributed by atoms with van der Waals surface area (Å²) in [6.45, 7) is 9.45. The second-order valence-corrected chi connectivity index (χ2v) is 6.43. The minimum Gasteiger partial charge on any atom is -0.314 e. The van der Waals surface area contributed by atoms with Crippen LogP contribution in [0, 0.1) is 5.92 Å². The van der Waals surface area contributed by atoms with Crippen LogP contribution in [0.1, 0.15) is 33.1 Å². The highest BCUT2D eigenvalue weighted by atomic mass is 15.1. The second kappa shape index (κ2) is 6.72. The standard InChI is InChI=1S/C14H31N3/c1-14(2,15-3)12-17(5)10-8-13-7-6-9-16(4)11-13/h13,15H,6-12H2,1-5H3. The van der Waals surface area contributed by atoms with E-state index in [2.05, 4.69) is 43.1 Å². The van der Waals surface area contributed by atoms with Crippen LogP contribution in [0.4, 0.5) is 0 Å². The molecule has 1 heterocycles. The van der Waals surface area contributed by atoms with Crippen molar-refractivity contribution in [3.05, 3.63) is 0 Å². The number of hydrogen-bond acceptors (Lipinski definition) is 3. The topological polar surface area (TPSA) is 18.5 Å². The fourth-order valence-corrected chi connectivity index (χ4v) is 2.74. The van der Waals surface area contributed by atoms with Crippen molar-refractivity contribution in [1.29, 1.82) is 0 Å². The van der Waals surface area contributed by atoms with Gasteiger partial charge in [-0.25, -0.2) is 0 Å². The molecule has 0 bridgehead atoms. The molecule has 1 saturated heterocycles. The van der Waals surface area contributed by atoms with Crippen LogP contribution in [0.3, 0.4) is 0 Å². The number of likely N-dealkylation sites (tertiary alicyclic amines) is 1. The van der Waals surface area contributed by atoms with Gasteiger partial charge in [-0.05, 0) is 73.3 Å². The summed E-state index contributed by atoms with van der Waals surface area (Å²) in [6.07, 6.45) is 4.15. The maximum absolute atomic E-state index is 3.37. The summed E-state index contributed by atoms with van der Waals surface area (Å²) in [6, 6.07) is 0. The first-order chi connectivity index (χ1) is 7.93. The first kappa shape index (κ1) is 14.9. The summed E-state index contributed by atoms with van der Waals surface area (Å²) in [5.74, 6) is 0.911. The lowest BCUT2D eigenvalue weighted by atomic mass is 9.95. The summed E-state index contributed by atoms with van der Waals surface area (Å²) in [7, 11) is 6.54. The Bertz CT molecular complexity index is 216. The third-order valence-corrected chi connectivity index (χ3v) is 3.98. The molecule has 0 aromatic carbocycles. The number of nitrogens with one attached hydrogen (secondary N) is 1. The average molecular weight is 241 g/mol. The first-order valence-corrected chi connectivity index (χ1v) is 6.99. The molecule has 1 N–H and O–H groups in total. The maximum Gasteiger partial charge on any atom is 0.0249 e. The van der Waals surface area contributed by atoms with Crippen molar-refractivity contribution in [2.45, 2.75) is 38.6 Å². The summed E-state index contributed by atoms with van der Waals surface area (Å²) in [4.78, 5) is 4.94. The van der Waals surface area contributed by atoms with E-state index in [1.165, 1.54) is 38.9 Å². The number of hydrogen-bond donors (Lipinski definition) is 1. The van der Waals surface area contributed by atoms with E-state index in [-0.39, 0.29) is 5.54 Å². The van der Waals surface area contributed by atoms with E-state index in [4.69, 9.17) is 0 Å². The molecule has 3 heteroatoms. The van der Waals surface area contributed by atoms with Gasteiger partial charge in [0.05, 0.1) is 0 Å². The Labute approximate surface area is 108 Å². The van der Waals surface area contributed by atoms with Crippen molar-refractivity contribution in [2.24, 2.45) is 5.92 Å². The normalized spacial score (nSPS) is 23.3. The third-order valence-electron chi connectivity index (χ3n) is 3.98. The zero-order valence-corrected chi connectivity index (χ0v) is 12.4. The molecule has 0 aromatic heterocycles. The molecular formula is C14H31N3. The van der Waals surface area contributed by atoms with Gasteiger partial charge in [0, 0.05) is 18.6 Å². The van der Waals surface area contributed by atoms with Crippen LogP contribution in [0.5, 0.6) is 0 Å². The minimum absolute atomic E-state index is 0.220. The Balaban J connectivity index is 2.21. The van der Waals surface area contributed by atoms with Crippen molar-refractivity contribution in [1.82, 2.24) is 15.1 Å². The van der Waals surface area contributed by atoms with E-state index in [1.54, 1.807) is 0 Å². The van der Waals surface area contributed by atoms with Gasteiger partial charge in [0.2, 0.25) is 0 Å². The van der Waals surface area contributed by atoms with E-state index >= 15 is 0 Å². The highest BCUT2D eigenvalue weighted by Crippen LogP contribution is 2.18. The van der Waals surface area contributed by atoms with Crippen LogP contribution >= 0.6 is 0 Å². The maximum atomic E-state index is 3.37. The van der Waals surface area contributed by atoms with Crippen molar-refractivity contribution in [3.8, 4) is 0 Å². The molecule has 1 fully saturated rings. The Morgan fingerprint density at radius 3 is 2.71 bits per heavy atom. The van der Waals surface area contributed by atoms with E-state index in [0.29, 0.717) is 0 Å².